The molecule has 5 nitrogen and oxygen atoms in total. The third-order valence-electron chi connectivity index (χ3n) is 6.78. The van der Waals surface area contributed by atoms with Crippen LogP contribution in [0.4, 0.5) is 0 Å². The Balaban J connectivity index is 2.11. The van der Waals surface area contributed by atoms with E-state index in [9.17, 15) is 0 Å². The summed E-state index contributed by atoms with van der Waals surface area (Å²) in [5.74, 6) is 0. The molecule has 3 aromatic rings. The van der Waals surface area contributed by atoms with Gasteiger partial charge in [0.1, 0.15) is 0 Å². The zero-order valence-electron chi connectivity index (χ0n) is 26.3. The zero-order valence-corrected chi connectivity index (χ0v) is 26.3. The van der Waals surface area contributed by atoms with E-state index < -0.39 is 0 Å². The van der Waals surface area contributed by atoms with Crippen molar-refractivity contribution in [1.82, 2.24) is 14.3 Å². The van der Waals surface area contributed by atoms with Gasteiger partial charge in [-0.1, -0.05) is 89.2 Å². The van der Waals surface area contributed by atoms with Crippen LogP contribution in [0.2, 0.25) is 0 Å². The van der Waals surface area contributed by atoms with E-state index in [0.29, 0.717) is 0 Å². The molecule has 0 aliphatic rings. The van der Waals surface area contributed by atoms with Gasteiger partial charge in [0, 0.05) is 44.4 Å². The molecule has 0 saturated carbocycles. The molecule has 0 fully saturated rings. The third-order valence-corrected chi connectivity index (χ3v) is 6.78. The number of pyridine rings is 1. The lowest BCUT2D eigenvalue weighted by atomic mass is 9.92. The topological polar surface area (TPSA) is 47.5 Å². The van der Waals surface area contributed by atoms with Crippen molar-refractivity contribution in [3.05, 3.63) is 76.6 Å². The van der Waals surface area contributed by atoms with Gasteiger partial charge in [0.25, 0.3) is 0 Å². The van der Waals surface area contributed by atoms with Gasteiger partial charge in [-0.05, 0) is 50.2 Å². The normalized spacial score (nSPS) is 14.4. The van der Waals surface area contributed by atoms with E-state index in [1.165, 1.54) is 22.8 Å². The Hall–Kier alpha value is -2.95. The fraction of sp³-hybridized carbons (Fsp3) is 0.545. The molecule has 3 rings (SSSR count). The highest BCUT2D eigenvalue weighted by atomic mass is 15.4. The third kappa shape index (κ3) is 6.36. The van der Waals surface area contributed by atoms with Gasteiger partial charge in [0.15, 0.2) is 0 Å². The predicted octanol–water partition coefficient (Wildman–Crippen LogP) is 8.42. The number of hydrogen-bond donors (Lipinski definition) is 0. The Morgan fingerprint density at radius 1 is 0.500 bits per heavy atom. The standard InChI is InChI=1S/C33H49N5/c1-22(35-37-26(30(3,4)5)18-19-27(37)31(6,7)8)24-16-15-17-25(34-24)23(2)36-38-28(32(9,10)11)20-21-29(38)33(12,13)14/h15-21H,1-14H3. The maximum Gasteiger partial charge on any atom is 0.0867 e. The second-order valence-electron chi connectivity index (χ2n) is 14.6. The molecule has 0 spiro atoms. The Kier molecular flexibility index (Phi) is 7.77. The molecular formula is C33H49N5. The van der Waals surface area contributed by atoms with Crippen molar-refractivity contribution in [2.75, 3.05) is 0 Å². The summed E-state index contributed by atoms with van der Waals surface area (Å²) in [5.41, 5.74) is 8.08. The van der Waals surface area contributed by atoms with Crippen LogP contribution >= 0.6 is 0 Å². The van der Waals surface area contributed by atoms with Gasteiger partial charge in [-0.15, -0.1) is 0 Å². The van der Waals surface area contributed by atoms with E-state index in [2.05, 4.69) is 117 Å². The van der Waals surface area contributed by atoms with Gasteiger partial charge < -0.3 is 0 Å². The van der Waals surface area contributed by atoms with Gasteiger partial charge in [-0.3, -0.25) is 0 Å². The predicted molar refractivity (Wildman–Crippen MR) is 163 cm³/mol. The first kappa shape index (κ1) is 29.6. The monoisotopic (exact) mass is 515 g/mol. The molecule has 0 amide bonds. The second-order valence-corrected chi connectivity index (χ2v) is 14.6. The molecule has 38 heavy (non-hydrogen) atoms. The molecule has 0 bridgehead atoms. The fourth-order valence-electron chi connectivity index (χ4n) is 4.58. The van der Waals surface area contributed by atoms with E-state index in [1.807, 2.05) is 32.0 Å². The van der Waals surface area contributed by atoms with Gasteiger partial charge in [0.05, 0.1) is 22.8 Å². The minimum Gasteiger partial charge on any atom is -0.245 e. The summed E-state index contributed by atoms with van der Waals surface area (Å²) in [5, 5.41) is 10.2. The Morgan fingerprint density at radius 3 is 1.00 bits per heavy atom. The largest absolute Gasteiger partial charge is 0.245 e. The SMILES string of the molecule is CC(=Nn1c(C(C)(C)C)ccc1C(C)(C)C)c1cccc(C(C)=Nn2c(C(C)(C)C)ccc2C(C)(C)C)n1. The van der Waals surface area contributed by atoms with E-state index in [-0.39, 0.29) is 21.7 Å². The Labute approximate surface area is 231 Å². The Morgan fingerprint density at radius 2 is 0.763 bits per heavy atom. The van der Waals surface area contributed by atoms with Crippen molar-refractivity contribution in [2.45, 2.75) is 119 Å². The molecule has 0 N–H and O–H groups in total. The molecule has 3 aromatic heterocycles. The molecule has 3 heterocycles. The van der Waals surface area contributed by atoms with Crippen LogP contribution in [-0.4, -0.2) is 25.8 Å². The van der Waals surface area contributed by atoms with Gasteiger partial charge in [-0.25, -0.2) is 14.3 Å². The molecule has 0 radical (unpaired) electrons. The quantitative estimate of drug-likeness (QED) is 0.322. The number of rotatable bonds is 4. The molecule has 0 saturated heterocycles. The van der Waals surface area contributed by atoms with Crippen molar-refractivity contribution in [2.24, 2.45) is 10.2 Å². The maximum absolute atomic E-state index is 5.12. The lowest BCUT2D eigenvalue weighted by Gasteiger charge is -2.25. The highest BCUT2D eigenvalue weighted by Gasteiger charge is 2.27. The first-order chi connectivity index (χ1) is 17.2. The zero-order chi connectivity index (χ0) is 28.8. The van der Waals surface area contributed by atoms with Crippen LogP contribution in [0.25, 0.3) is 0 Å². The van der Waals surface area contributed by atoms with Crippen molar-refractivity contribution in [3.8, 4) is 0 Å². The molecular weight excluding hydrogens is 466 g/mol. The van der Waals surface area contributed by atoms with E-state index in [1.54, 1.807) is 0 Å². The molecule has 206 valence electrons. The summed E-state index contributed by atoms with van der Waals surface area (Å²) in [6.07, 6.45) is 0. The lowest BCUT2D eigenvalue weighted by Crippen LogP contribution is -2.23. The minimum absolute atomic E-state index is 0.0297. The second kappa shape index (κ2) is 9.98. The summed E-state index contributed by atoms with van der Waals surface area (Å²) in [6, 6.07) is 14.9. The number of hydrogen-bond acceptors (Lipinski definition) is 3. The first-order valence-corrected chi connectivity index (χ1v) is 13.8. The van der Waals surface area contributed by atoms with Crippen LogP contribution in [0, 0.1) is 0 Å². The minimum atomic E-state index is -0.0297. The van der Waals surface area contributed by atoms with Crippen LogP contribution in [-0.2, 0) is 21.7 Å². The van der Waals surface area contributed by atoms with E-state index in [4.69, 9.17) is 15.2 Å². The van der Waals surface area contributed by atoms with Crippen LogP contribution in [0.5, 0.6) is 0 Å². The van der Waals surface area contributed by atoms with Crippen LogP contribution in [0.15, 0.2) is 52.7 Å². The summed E-state index contributed by atoms with van der Waals surface area (Å²) in [4.78, 5) is 5.01. The molecule has 0 atom stereocenters. The van der Waals surface area contributed by atoms with Crippen LogP contribution in [0.1, 0.15) is 131 Å². The van der Waals surface area contributed by atoms with Crippen LogP contribution in [0.3, 0.4) is 0 Å². The van der Waals surface area contributed by atoms with E-state index >= 15 is 0 Å². The molecule has 5 heteroatoms. The average molecular weight is 516 g/mol. The molecule has 0 aliphatic carbocycles. The van der Waals surface area contributed by atoms with Crippen molar-refractivity contribution in [3.63, 3.8) is 0 Å². The van der Waals surface area contributed by atoms with Gasteiger partial charge in [0.2, 0.25) is 0 Å². The number of aromatic nitrogens is 3. The van der Waals surface area contributed by atoms with Crippen molar-refractivity contribution in [1.29, 1.82) is 0 Å². The van der Waals surface area contributed by atoms with Crippen molar-refractivity contribution >= 4 is 11.4 Å². The molecule has 0 aliphatic heterocycles. The van der Waals surface area contributed by atoms with Gasteiger partial charge in [-0.2, -0.15) is 10.2 Å². The highest BCUT2D eigenvalue weighted by Crippen LogP contribution is 2.32. The summed E-state index contributed by atoms with van der Waals surface area (Å²) in [6.45, 7) is 30.8. The number of nitrogens with zero attached hydrogens (tertiary/aromatic N) is 5. The molecule has 0 aromatic carbocycles. The lowest BCUT2D eigenvalue weighted by molar-refractivity contribution is 0.492. The summed E-state index contributed by atoms with van der Waals surface area (Å²) in [7, 11) is 0. The van der Waals surface area contributed by atoms with E-state index in [0.717, 1.165) is 22.8 Å². The highest BCUT2D eigenvalue weighted by molar-refractivity contribution is 6.00. The molecule has 0 unspecified atom stereocenters. The average Bonchev–Trinajstić information content (AvgIpc) is 3.37. The Bertz CT molecular complexity index is 1190. The maximum atomic E-state index is 5.12. The fourth-order valence-corrected chi connectivity index (χ4v) is 4.58. The smallest absolute Gasteiger partial charge is 0.0867 e. The van der Waals surface area contributed by atoms with Gasteiger partial charge >= 0.3 is 0 Å². The summed E-state index contributed by atoms with van der Waals surface area (Å²) < 4.78 is 4.24. The summed E-state index contributed by atoms with van der Waals surface area (Å²) >= 11 is 0. The first-order valence-electron chi connectivity index (χ1n) is 13.8. The van der Waals surface area contributed by atoms with Crippen LogP contribution < -0.4 is 0 Å². The van der Waals surface area contributed by atoms with Crippen molar-refractivity contribution < 1.29 is 0 Å².